The van der Waals surface area contributed by atoms with Gasteiger partial charge in [0, 0.05) is 46.1 Å². The Morgan fingerprint density at radius 2 is 2.00 bits per heavy atom. The van der Waals surface area contributed by atoms with E-state index in [0.29, 0.717) is 18.9 Å². The van der Waals surface area contributed by atoms with Crippen molar-refractivity contribution in [3.63, 3.8) is 0 Å². The van der Waals surface area contributed by atoms with E-state index in [0.717, 1.165) is 13.0 Å². The highest BCUT2D eigenvalue weighted by atomic mass is 32.2. The topological polar surface area (TPSA) is 86.7 Å². The lowest BCUT2D eigenvalue weighted by molar-refractivity contribution is -0.140. The number of sulfonamides is 1. The van der Waals surface area contributed by atoms with Gasteiger partial charge in [0.05, 0.1) is 17.2 Å². The van der Waals surface area contributed by atoms with E-state index >= 15 is 0 Å². The molecular weight excluding hydrogens is 366 g/mol. The van der Waals surface area contributed by atoms with Crippen molar-refractivity contribution >= 4 is 21.9 Å². The molecule has 0 unspecified atom stereocenters. The van der Waals surface area contributed by atoms with E-state index in [1.807, 2.05) is 18.7 Å². The van der Waals surface area contributed by atoms with Crippen LogP contribution in [0.4, 0.5) is 5.95 Å². The Labute approximate surface area is 161 Å². The van der Waals surface area contributed by atoms with Crippen LogP contribution in [0.5, 0.6) is 0 Å². The number of fused-ring (bicyclic) bond motifs is 1. The molecule has 0 N–H and O–H groups in total. The van der Waals surface area contributed by atoms with E-state index in [4.69, 9.17) is 0 Å². The Morgan fingerprint density at radius 1 is 1.33 bits per heavy atom. The number of hydrogen-bond donors (Lipinski definition) is 0. The highest BCUT2D eigenvalue weighted by Crippen LogP contribution is 2.45. The molecule has 2 aliphatic rings. The quantitative estimate of drug-likeness (QED) is 0.734. The number of amides is 1. The van der Waals surface area contributed by atoms with Crippen LogP contribution in [-0.4, -0.2) is 79.0 Å². The Hall–Kier alpha value is -1.74. The van der Waals surface area contributed by atoms with Crippen LogP contribution in [0.25, 0.3) is 0 Å². The fraction of sp³-hybridized carbons (Fsp3) is 0.722. The summed E-state index contributed by atoms with van der Waals surface area (Å²) >= 11 is 0. The van der Waals surface area contributed by atoms with Gasteiger partial charge in [-0.25, -0.2) is 18.4 Å². The number of anilines is 1. The largest absolute Gasteiger partial charge is 0.348 e. The molecule has 9 heteroatoms. The lowest BCUT2D eigenvalue weighted by Crippen LogP contribution is -2.58. The van der Waals surface area contributed by atoms with Crippen molar-refractivity contribution < 1.29 is 13.2 Å². The number of aromatic nitrogens is 2. The molecule has 1 aromatic rings. The van der Waals surface area contributed by atoms with Crippen molar-refractivity contribution in [2.24, 2.45) is 11.3 Å². The fourth-order valence-electron chi connectivity index (χ4n) is 4.40. The first-order chi connectivity index (χ1) is 12.7. The second kappa shape index (κ2) is 7.35. The molecule has 1 aromatic heterocycles. The molecule has 2 saturated heterocycles. The third-order valence-corrected chi connectivity index (χ3v) is 7.60. The van der Waals surface area contributed by atoms with Crippen LogP contribution in [0.15, 0.2) is 18.5 Å². The van der Waals surface area contributed by atoms with Crippen LogP contribution in [0.3, 0.4) is 0 Å². The predicted molar refractivity (Wildman–Crippen MR) is 104 cm³/mol. The monoisotopic (exact) mass is 395 g/mol. The normalized spacial score (nSPS) is 26.3. The summed E-state index contributed by atoms with van der Waals surface area (Å²) < 4.78 is 27.3. The predicted octanol–water partition coefficient (Wildman–Crippen LogP) is 0.821. The lowest BCUT2D eigenvalue weighted by atomic mass is 9.74. The van der Waals surface area contributed by atoms with E-state index < -0.39 is 15.4 Å². The Kier molecular flexibility index (Phi) is 5.45. The lowest BCUT2D eigenvalue weighted by Gasteiger charge is -2.45. The van der Waals surface area contributed by atoms with Crippen molar-refractivity contribution in [2.75, 3.05) is 44.4 Å². The minimum atomic E-state index is -3.43. The van der Waals surface area contributed by atoms with Gasteiger partial charge >= 0.3 is 0 Å². The molecule has 0 aliphatic carbocycles. The summed E-state index contributed by atoms with van der Waals surface area (Å²) in [6.07, 6.45) is 4.82. The SMILES string of the molecule is CC(C)CS(=O)(=O)N1C[C@@H]2N(c3ncccn3)CCC[C@]2(C(=O)N(C)C)C1. The first-order valence-electron chi connectivity index (χ1n) is 9.40. The van der Waals surface area contributed by atoms with Crippen molar-refractivity contribution in [1.82, 2.24) is 19.2 Å². The van der Waals surface area contributed by atoms with Gasteiger partial charge in [-0.2, -0.15) is 4.31 Å². The third kappa shape index (κ3) is 3.67. The van der Waals surface area contributed by atoms with Gasteiger partial charge in [0.1, 0.15) is 0 Å². The molecule has 8 nitrogen and oxygen atoms in total. The molecule has 0 bridgehead atoms. The first-order valence-corrected chi connectivity index (χ1v) is 11.0. The molecule has 27 heavy (non-hydrogen) atoms. The van der Waals surface area contributed by atoms with Crippen molar-refractivity contribution in [2.45, 2.75) is 32.7 Å². The van der Waals surface area contributed by atoms with E-state index in [2.05, 4.69) is 9.97 Å². The zero-order valence-corrected chi connectivity index (χ0v) is 17.3. The highest BCUT2D eigenvalue weighted by molar-refractivity contribution is 7.89. The Bertz CT molecular complexity index is 783. The van der Waals surface area contributed by atoms with Crippen LogP contribution in [0.2, 0.25) is 0 Å². The summed E-state index contributed by atoms with van der Waals surface area (Å²) in [6, 6.07) is 1.49. The van der Waals surface area contributed by atoms with Gasteiger partial charge in [-0.15, -0.1) is 0 Å². The Morgan fingerprint density at radius 3 is 2.59 bits per heavy atom. The standard InChI is InChI=1S/C18H29N5O3S/c1-14(2)12-27(25,26)22-11-15-18(13-22,16(24)21(3)4)7-5-10-23(15)17-19-8-6-9-20-17/h6,8-9,14-15H,5,7,10-13H2,1-4H3/t15-,18-/m0/s1. The average molecular weight is 396 g/mol. The molecule has 0 aromatic carbocycles. The van der Waals surface area contributed by atoms with Crippen molar-refractivity contribution in [3.8, 4) is 0 Å². The number of piperidine rings is 1. The van der Waals surface area contributed by atoms with E-state index in [9.17, 15) is 13.2 Å². The molecule has 0 spiro atoms. The maximum absolute atomic E-state index is 13.2. The second-order valence-corrected chi connectivity index (χ2v) is 10.2. The van der Waals surface area contributed by atoms with Gasteiger partial charge in [-0.05, 0) is 24.8 Å². The molecule has 2 atom stereocenters. The first kappa shape index (κ1) is 20.0. The fourth-order valence-corrected chi connectivity index (χ4v) is 6.24. The number of carbonyl (C=O) groups is 1. The number of hydrogen-bond acceptors (Lipinski definition) is 6. The molecule has 2 fully saturated rings. The summed E-state index contributed by atoms with van der Waals surface area (Å²) in [5, 5.41) is 0. The molecule has 3 heterocycles. The van der Waals surface area contributed by atoms with E-state index in [1.54, 1.807) is 37.5 Å². The van der Waals surface area contributed by atoms with Crippen LogP contribution in [0, 0.1) is 11.3 Å². The summed E-state index contributed by atoms with van der Waals surface area (Å²) in [5.74, 6) is 0.664. The number of nitrogens with zero attached hydrogens (tertiary/aromatic N) is 5. The summed E-state index contributed by atoms with van der Waals surface area (Å²) in [4.78, 5) is 25.5. The van der Waals surface area contributed by atoms with Crippen LogP contribution >= 0.6 is 0 Å². The minimum absolute atomic E-state index is 0.0182. The summed E-state index contributed by atoms with van der Waals surface area (Å²) in [6.45, 7) is 5.03. The summed E-state index contributed by atoms with van der Waals surface area (Å²) in [5.41, 5.74) is -0.759. The second-order valence-electron chi connectivity index (χ2n) is 8.18. The van der Waals surface area contributed by atoms with Gasteiger partial charge in [-0.3, -0.25) is 4.79 Å². The minimum Gasteiger partial charge on any atom is -0.348 e. The molecular formula is C18H29N5O3S. The molecule has 150 valence electrons. The van der Waals surface area contributed by atoms with Gasteiger partial charge in [0.25, 0.3) is 0 Å². The number of carbonyl (C=O) groups excluding carboxylic acids is 1. The smallest absolute Gasteiger partial charge is 0.231 e. The van der Waals surface area contributed by atoms with E-state index in [-0.39, 0.29) is 30.2 Å². The maximum Gasteiger partial charge on any atom is 0.231 e. The molecule has 0 saturated carbocycles. The highest BCUT2D eigenvalue weighted by Gasteiger charge is 2.58. The third-order valence-electron chi connectivity index (χ3n) is 5.45. The van der Waals surface area contributed by atoms with Crippen LogP contribution in [0.1, 0.15) is 26.7 Å². The zero-order chi connectivity index (χ0) is 19.8. The van der Waals surface area contributed by atoms with E-state index in [1.165, 1.54) is 4.31 Å². The molecule has 0 radical (unpaired) electrons. The number of rotatable bonds is 5. The van der Waals surface area contributed by atoms with Crippen LogP contribution in [-0.2, 0) is 14.8 Å². The molecule has 2 aliphatic heterocycles. The average Bonchev–Trinajstić information content (AvgIpc) is 3.02. The van der Waals surface area contributed by atoms with Crippen molar-refractivity contribution in [1.29, 1.82) is 0 Å². The van der Waals surface area contributed by atoms with Gasteiger partial charge in [0.15, 0.2) is 0 Å². The maximum atomic E-state index is 13.2. The van der Waals surface area contributed by atoms with Gasteiger partial charge < -0.3 is 9.80 Å². The van der Waals surface area contributed by atoms with Crippen LogP contribution < -0.4 is 4.90 Å². The molecule has 3 rings (SSSR count). The zero-order valence-electron chi connectivity index (χ0n) is 16.5. The summed E-state index contributed by atoms with van der Waals surface area (Å²) in [7, 11) is 0.0417. The van der Waals surface area contributed by atoms with Gasteiger partial charge in [-0.1, -0.05) is 13.8 Å². The molecule has 1 amide bonds. The van der Waals surface area contributed by atoms with Gasteiger partial charge in [0.2, 0.25) is 21.9 Å². The van der Waals surface area contributed by atoms with Crippen molar-refractivity contribution in [3.05, 3.63) is 18.5 Å². The Balaban J connectivity index is 2.01.